The van der Waals surface area contributed by atoms with Gasteiger partial charge in [0.15, 0.2) is 0 Å². The highest BCUT2D eigenvalue weighted by Gasteiger charge is 2.17. The summed E-state index contributed by atoms with van der Waals surface area (Å²) < 4.78 is 5.28. The number of carbonyl (C=O) groups is 1. The van der Waals surface area contributed by atoms with E-state index < -0.39 is 0 Å². The number of hydrogen-bond acceptors (Lipinski definition) is 3. The topological polar surface area (TPSA) is 53.6 Å². The summed E-state index contributed by atoms with van der Waals surface area (Å²) in [6.45, 7) is 6.89. The van der Waals surface area contributed by atoms with Crippen LogP contribution < -0.4 is 15.4 Å². The van der Waals surface area contributed by atoms with Gasteiger partial charge < -0.3 is 20.3 Å². The molecule has 0 saturated carbocycles. The molecule has 25 heavy (non-hydrogen) atoms. The Morgan fingerprint density at radius 1 is 1.04 bits per heavy atom. The summed E-state index contributed by atoms with van der Waals surface area (Å²) in [7, 11) is 1.59. The van der Waals surface area contributed by atoms with Gasteiger partial charge in [0.05, 0.1) is 18.8 Å². The fourth-order valence-corrected chi connectivity index (χ4v) is 2.72. The maximum atomic E-state index is 12.5. The molecule has 0 unspecified atom stereocenters. The number of ether oxygens (including phenoxy) is 1. The van der Waals surface area contributed by atoms with Crippen LogP contribution in [-0.4, -0.2) is 37.7 Å². The number of rotatable bonds is 8. The molecule has 2 N–H and O–H groups in total. The van der Waals surface area contributed by atoms with E-state index in [0.29, 0.717) is 11.4 Å². The number of amides is 2. The molecular formula is C20H27N3O2. The number of methoxy groups -OCH3 is 1. The smallest absolute Gasteiger partial charge is 0.319 e. The number of carbonyl (C=O) groups excluding carboxylic acids is 1. The molecule has 0 aromatic heterocycles. The molecule has 1 atom stereocenters. The van der Waals surface area contributed by atoms with Gasteiger partial charge in [-0.1, -0.05) is 56.3 Å². The molecule has 2 aromatic carbocycles. The minimum atomic E-state index is -0.245. The van der Waals surface area contributed by atoms with E-state index in [1.807, 2.05) is 54.6 Å². The molecule has 2 aromatic rings. The first-order valence-corrected chi connectivity index (χ1v) is 8.65. The van der Waals surface area contributed by atoms with Crippen molar-refractivity contribution in [2.75, 3.05) is 32.1 Å². The number of urea groups is 1. The Morgan fingerprint density at radius 3 is 2.32 bits per heavy atom. The van der Waals surface area contributed by atoms with E-state index in [4.69, 9.17) is 4.74 Å². The van der Waals surface area contributed by atoms with E-state index in [9.17, 15) is 4.79 Å². The van der Waals surface area contributed by atoms with Crippen molar-refractivity contribution >= 4 is 11.7 Å². The summed E-state index contributed by atoms with van der Waals surface area (Å²) in [5, 5.41) is 5.96. The van der Waals surface area contributed by atoms with E-state index in [1.54, 1.807) is 7.11 Å². The van der Waals surface area contributed by atoms with Crippen LogP contribution in [0.4, 0.5) is 10.5 Å². The number of nitrogens with one attached hydrogen (secondary N) is 2. The van der Waals surface area contributed by atoms with Crippen LogP contribution in [0, 0.1) is 0 Å². The standard InChI is InChI=1S/C20H27N3O2/c1-4-23(5-2)15-18(16-11-7-6-8-12-16)22-20(24)21-17-13-9-10-14-19(17)25-3/h6-14,18H,4-5,15H2,1-3H3,(H2,21,22,24)/t18-/m0/s1. The Bertz CT molecular complexity index is 657. The predicted molar refractivity (Wildman–Crippen MR) is 102 cm³/mol. The molecule has 0 bridgehead atoms. The van der Waals surface area contributed by atoms with Gasteiger partial charge in [0, 0.05) is 6.54 Å². The average Bonchev–Trinajstić information content (AvgIpc) is 2.66. The van der Waals surface area contributed by atoms with Gasteiger partial charge in [-0.15, -0.1) is 0 Å². The highest BCUT2D eigenvalue weighted by molar-refractivity contribution is 5.91. The Balaban J connectivity index is 2.11. The predicted octanol–water partition coefficient (Wildman–Crippen LogP) is 3.90. The monoisotopic (exact) mass is 341 g/mol. The van der Waals surface area contributed by atoms with E-state index in [-0.39, 0.29) is 12.1 Å². The highest BCUT2D eigenvalue weighted by Crippen LogP contribution is 2.23. The third-order valence-electron chi connectivity index (χ3n) is 4.20. The fraction of sp³-hybridized carbons (Fsp3) is 0.350. The maximum Gasteiger partial charge on any atom is 0.319 e. The van der Waals surface area contributed by atoms with Crippen molar-refractivity contribution in [3.63, 3.8) is 0 Å². The molecule has 0 aliphatic carbocycles. The molecule has 5 nitrogen and oxygen atoms in total. The van der Waals surface area contributed by atoms with Crippen LogP contribution in [0.3, 0.4) is 0 Å². The molecule has 0 saturated heterocycles. The highest BCUT2D eigenvalue weighted by atomic mass is 16.5. The summed E-state index contributed by atoms with van der Waals surface area (Å²) in [5.41, 5.74) is 1.74. The first kappa shape index (κ1) is 18.8. The average molecular weight is 341 g/mol. The molecular weight excluding hydrogens is 314 g/mol. The van der Waals surface area contributed by atoms with Crippen LogP contribution in [0.25, 0.3) is 0 Å². The molecule has 0 aliphatic rings. The van der Waals surface area contributed by atoms with Gasteiger partial charge in [-0.3, -0.25) is 0 Å². The number of nitrogens with zero attached hydrogens (tertiary/aromatic N) is 1. The quantitative estimate of drug-likeness (QED) is 0.766. The van der Waals surface area contributed by atoms with Crippen molar-refractivity contribution in [1.29, 1.82) is 0 Å². The van der Waals surface area contributed by atoms with Gasteiger partial charge in [0.2, 0.25) is 0 Å². The van der Waals surface area contributed by atoms with E-state index >= 15 is 0 Å². The maximum absolute atomic E-state index is 12.5. The molecule has 2 amide bonds. The Kier molecular flexibility index (Phi) is 7.29. The lowest BCUT2D eigenvalue weighted by Crippen LogP contribution is -2.39. The zero-order chi connectivity index (χ0) is 18.1. The number of benzene rings is 2. The summed E-state index contributed by atoms with van der Waals surface area (Å²) in [6, 6.07) is 17.1. The van der Waals surface area contributed by atoms with Crippen LogP contribution in [-0.2, 0) is 0 Å². The largest absolute Gasteiger partial charge is 0.495 e. The van der Waals surface area contributed by atoms with Crippen LogP contribution >= 0.6 is 0 Å². The Hall–Kier alpha value is -2.53. The van der Waals surface area contributed by atoms with Crippen LogP contribution in [0.15, 0.2) is 54.6 Å². The number of hydrogen-bond donors (Lipinski definition) is 2. The minimum Gasteiger partial charge on any atom is -0.495 e. The van der Waals surface area contributed by atoms with Crippen LogP contribution in [0.2, 0.25) is 0 Å². The minimum absolute atomic E-state index is 0.0872. The summed E-state index contributed by atoms with van der Waals surface area (Å²) in [6.07, 6.45) is 0. The van der Waals surface area contributed by atoms with Gasteiger partial charge in [-0.25, -0.2) is 4.79 Å². The molecule has 0 radical (unpaired) electrons. The van der Waals surface area contributed by atoms with E-state index in [0.717, 1.165) is 25.2 Å². The second kappa shape index (κ2) is 9.69. The van der Waals surface area contributed by atoms with Gasteiger partial charge in [0.25, 0.3) is 0 Å². The molecule has 0 spiro atoms. The van der Waals surface area contributed by atoms with Crippen molar-refractivity contribution in [2.24, 2.45) is 0 Å². The molecule has 0 aliphatic heterocycles. The van der Waals surface area contributed by atoms with Crippen molar-refractivity contribution in [2.45, 2.75) is 19.9 Å². The Morgan fingerprint density at radius 2 is 1.68 bits per heavy atom. The normalized spacial score (nSPS) is 11.8. The molecule has 2 rings (SSSR count). The van der Waals surface area contributed by atoms with Gasteiger partial charge in [-0.2, -0.15) is 0 Å². The molecule has 0 heterocycles. The SMILES string of the molecule is CCN(CC)C[C@H](NC(=O)Nc1ccccc1OC)c1ccccc1. The van der Waals surface area contributed by atoms with Crippen LogP contribution in [0.5, 0.6) is 5.75 Å². The zero-order valence-electron chi connectivity index (χ0n) is 15.2. The van der Waals surface area contributed by atoms with E-state index in [1.165, 1.54) is 0 Å². The van der Waals surface area contributed by atoms with Crippen molar-refractivity contribution in [3.8, 4) is 5.75 Å². The van der Waals surface area contributed by atoms with Crippen LogP contribution in [0.1, 0.15) is 25.5 Å². The van der Waals surface area contributed by atoms with Gasteiger partial charge in [0.1, 0.15) is 5.75 Å². The molecule has 0 fully saturated rings. The third kappa shape index (κ3) is 5.50. The first-order valence-electron chi connectivity index (χ1n) is 8.65. The van der Waals surface area contributed by atoms with Crippen molar-refractivity contribution in [1.82, 2.24) is 10.2 Å². The summed E-state index contributed by atoms with van der Waals surface area (Å²) in [4.78, 5) is 14.8. The number of likely N-dealkylation sites (N-methyl/N-ethyl adjacent to an activating group) is 1. The van der Waals surface area contributed by atoms with Crippen molar-refractivity contribution in [3.05, 3.63) is 60.2 Å². The zero-order valence-corrected chi connectivity index (χ0v) is 15.2. The lowest BCUT2D eigenvalue weighted by atomic mass is 10.1. The summed E-state index contributed by atoms with van der Waals surface area (Å²) in [5.74, 6) is 0.637. The van der Waals surface area contributed by atoms with E-state index in [2.05, 4.69) is 29.4 Å². The fourth-order valence-electron chi connectivity index (χ4n) is 2.72. The number of anilines is 1. The second-order valence-corrected chi connectivity index (χ2v) is 5.75. The second-order valence-electron chi connectivity index (χ2n) is 5.75. The summed E-state index contributed by atoms with van der Waals surface area (Å²) >= 11 is 0. The van der Waals surface area contributed by atoms with Gasteiger partial charge >= 0.3 is 6.03 Å². The number of para-hydroxylation sites is 2. The van der Waals surface area contributed by atoms with Crippen molar-refractivity contribution < 1.29 is 9.53 Å². The first-order chi connectivity index (χ1) is 12.2. The lowest BCUT2D eigenvalue weighted by molar-refractivity contribution is 0.235. The third-order valence-corrected chi connectivity index (χ3v) is 4.20. The lowest BCUT2D eigenvalue weighted by Gasteiger charge is -2.26. The molecule has 134 valence electrons. The Labute approximate surface area is 150 Å². The van der Waals surface area contributed by atoms with Gasteiger partial charge in [-0.05, 0) is 30.8 Å². The molecule has 5 heteroatoms.